The Bertz CT molecular complexity index is 483. The molecule has 4 nitrogen and oxygen atoms in total. The first-order valence-corrected chi connectivity index (χ1v) is 6.32. The zero-order chi connectivity index (χ0) is 14.3. The van der Waals surface area contributed by atoms with Crippen molar-refractivity contribution < 1.29 is 9.53 Å². The first-order chi connectivity index (χ1) is 9.08. The van der Waals surface area contributed by atoms with E-state index >= 15 is 0 Å². The summed E-state index contributed by atoms with van der Waals surface area (Å²) in [5.74, 6) is 2.69. The van der Waals surface area contributed by atoms with Crippen molar-refractivity contribution in [3.05, 3.63) is 28.8 Å². The lowest BCUT2D eigenvalue weighted by atomic mass is 10.1. The Morgan fingerprint density at radius 1 is 1.63 bits per heavy atom. The van der Waals surface area contributed by atoms with E-state index in [1.807, 2.05) is 0 Å². The van der Waals surface area contributed by atoms with Gasteiger partial charge in [-0.15, -0.1) is 6.42 Å². The van der Waals surface area contributed by atoms with Gasteiger partial charge in [-0.3, -0.25) is 4.79 Å². The van der Waals surface area contributed by atoms with Gasteiger partial charge in [-0.05, 0) is 43.7 Å². The molecule has 0 saturated heterocycles. The van der Waals surface area contributed by atoms with Crippen molar-refractivity contribution in [2.75, 3.05) is 13.1 Å². The zero-order valence-electron chi connectivity index (χ0n) is 10.8. The summed E-state index contributed by atoms with van der Waals surface area (Å²) in [5, 5.41) is 3.18. The highest BCUT2D eigenvalue weighted by Gasteiger charge is 2.15. The van der Waals surface area contributed by atoms with Crippen LogP contribution in [0.4, 0.5) is 0 Å². The van der Waals surface area contributed by atoms with Crippen molar-refractivity contribution in [2.45, 2.75) is 19.4 Å². The van der Waals surface area contributed by atoms with Gasteiger partial charge in [0.05, 0.1) is 6.54 Å². The van der Waals surface area contributed by atoms with Gasteiger partial charge < -0.3 is 15.8 Å². The Kier molecular flexibility index (Phi) is 6.20. The minimum atomic E-state index is -0.633. The molecule has 0 saturated carbocycles. The van der Waals surface area contributed by atoms with E-state index in [0.717, 1.165) is 5.56 Å². The largest absolute Gasteiger partial charge is 0.481 e. The van der Waals surface area contributed by atoms with Crippen LogP contribution in [0.3, 0.4) is 0 Å². The third-order valence-corrected chi connectivity index (χ3v) is 2.71. The predicted molar refractivity (Wildman–Crippen MR) is 76.1 cm³/mol. The molecule has 1 amide bonds. The van der Waals surface area contributed by atoms with Gasteiger partial charge in [0.15, 0.2) is 6.10 Å². The van der Waals surface area contributed by atoms with E-state index in [1.54, 1.807) is 25.1 Å². The van der Waals surface area contributed by atoms with Crippen LogP contribution in [-0.2, 0) is 11.2 Å². The molecule has 1 unspecified atom stereocenters. The number of hydrogen-bond donors (Lipinski definition) is 2. The molecule has 0 bridgehead atoms. The van der Waals surface area contributed by atoms with Crippen LogP contribution < -0.4 is 15.8 Å². The standard InChI is InChI=1S/C14H17ClN2O2/c1-3-8-17-14(18)10(2)19-13-5-4-12(15)9-11(13)6-7-16/h1,4-5,9-10H,6-8,16H2,2H3,(H,17,18). The van der Waals surface area contributed by atoms with Crippen LogP contribution in [0.5, 0.6) is 5.75 Å². The van der Waals surface area contributed by atoms with E-state index in [4.69, 9.17) is 28.5 Å². The lowest BCUT2D eigenvalue weighted by molar-refractivity contribution is -0.127. The zero-order valence-corrected chi connectivity index (χ0v) is 11.5. The minimum Gasteiger partial charge on any atom is -0.481 e. The van der Waals surface area contributed by atoms with Crippen LogP contribution in [-0.4, -0.2) is 25.1 Å². The molecule has 0 aliphatic heterocycles. The van der Waals surface area contributed by atoms with Crippen molar-refractivity contribution in [3.63, 3.8) is 0 Å². The smallest absolute Gasteiger partial charge is 0.261 e. The monoisotopic (exact) mass is 280 g/mol. The van der Waals surface area contributed by atoms with Crippen molar-refractivity contribution in [1.82, 2.24) is 5.32 Å². The molecule has 1 aromatic carbocycles. The quantitative estimate of drug-likeness (QED) is 0.774. The van der Waals surface area contributed by atoms with Crippen LogP contribution in [0, 0.1) is 12.3 Å². The van der Waals surface area contributed by atoms with Gasteiger partial charge in [-0.1, -0.05) is 17.5 Å². The van der Waals surface area contributed by atoms with Crippen LogP contribution in [0.2, 0.25) is 5.02 Å². The fourth-order valence-corrected chi connectivity index (χ4v) is 1.73. The molecule has 1 atom stereocenters. The maximum atomic E-state index is 11.7. The number of benzene rings is 1. The predicted octanol–water partition coefficient (Wildman–Crippen LogP) is 1.36. The normalized spacial score (nSPS) is 11.5. The summed E-state index contributed by atoms with van der Waals surface area (Å²) in [5.41, 5.74) is 6.42. The van der Waals surface area contributed by atoms with Crippen molar-refractivity contribution >= 4 is 17.5 Å². The molecule has 5 heteroatoms. The second kappa shape index (κ2) is 7.67. The number of nitrogens with two attached hydrogens (primary N) is 1. The molecule has 0 fully saturated rings. The fraction of sp³-hybridized carbons (Fsp3) is 0.357. The molecule has 0 aliphatic rings. The van der Waals surface area contributed by atoms with E-state index < -0.39 is 6.10 Å². The Morgan fingerprint density at radius 3 is 3.00 bits per heavy atom. The van der Waals surface area contributed by atoms with Crippen LogP contribution >= 0.6 is 11.6 Å². The van der Waals surface area contributed by atoms with E-state index in [1.165, 1.54) is 0 Å². The second-order valence-corrected chi connectivity index (χ2v) is 4.41. The van der Waals surface area contributed by atoms with Gasteiger partial charge in [0.25, 0.3) is 5.91 Å². The summed E-state index contributed by atoms with van der Waals surface area (Å²) < 4.78 is 5.62. The summed E-state index contributed by atoms with van der Waals surface area (Å²) in [6, 6.07) is 5.23. The summed E-state index contributed by atoms with van der Waals surface area (Å²) in [6.07, 6.45) is 5.08. The average Bonchev–Trinajstić information content (AvgIpc) is 2.39. The molecule has 0 heterocycles. The highest BCUT2D eigenvalue weighted by Crippen LogP contribution is 2.24. The highest BCUT2D eigenvalue weighted by molar-refractivity contribution is 6.30. The second-order valence-electron chi connectivity index (χ2n) is 3.97. The lowest BCUT2D eigenvalue weighted by Crippen LogP contribution is -2.36. The molecular formula is C14H17ClN2O2. The number of ether oxygens (including phenoxy) is 1. The maximum Gasteiger partial charge on any atom is 0.261 e. The molecule has 0 aromatic heterocycles. The summed E-state index contributed by atoms with van der Waals surface area (Å²) in [7, 11) is 0. The van der Waals surface area contributed by atoms with Gasteiger partial charge >= 0.3 is 0 Å². The van der Waals surface area contributed by atoms with Gasteiger partial charge in [-0.25, -0.2) is 0 Å². The van der Waals surface area contributed by atoms with Crippen LogP contribution in [0.1, 0.15) is 12.5 Å². The molecule has 1 aromatic rings. The first kappa shape index (κ1) is 15.4. The topological polar surface area (TPSA) is 64.3 Å². The highest BCUT2D eigenvalue weighted by atomic mass is 35.5. The van der Waals surface area contributed by atoms with Gasteiger partial charge in [0.2, 0.25) is 0 Å². The SMILES string of the molecule is C#CCNC(=O)C(C)Oc1ccc(Cl)cc1CCN. The van der Waals surface area contributed by atoms with E-state index in [-0.39, 0.29) is 12.5 Å². The number of nitrogens with one attached hydrogen (secondary N) is 1. The van der Waals surface area contributed by atoms with E-state index in [0.29, 0.717) is 23.7 Å². The number of hydrogen-bond acceptors (Lipinski definition) is 3. The van der Waals surface area contributed by atoms with E-state index in [2.05, 4.69) is 11.2 Å². The summed E-state index contributed by atoms with van der Waals surface area (Å²) in [4.78, 5) is 11.7. The number of rotatable bonds is 6. The molecule has 102 valence electrons. The van der Waals surface area contributed by atoms with Gasteiger partial charge in [0.1, 0.15) is 5.75 Å². The van der Waals surface area contributed by atoms with Gasteiger partial charge in [-0.2, -0.15) is 0 Å². The first-order valence-electron chi connectivity index (χ1n) is 5.94. The van der Waals surface area contributed by atoms with Crippen molar-refractivity contribution in [2.24, 2.45) is 5.73 Å². The van der Waals surface area contributed by atoms with Crippen LogP contribution in [0.15, 0.2) is 18.2 Å². The fourth-order valence-electron chi connectivity index (χ4n) is 1.54. The minimum absolute atomic E-state index is 0.183. The molecule has 0 radical (unpaired) electrons. The van der Waals surface area contributed by atoms with Crippen molar-refractivity contribution in [1.29, 1.82) is 0 Å². The molecule has 19 heavy (non-hydrogen) atoms. The molecule has 1 rings (SSSR count). The van der Waals surface area contributed by atoms with Crippen LogP contribution in [0.25, 0.3) is 0 Å². The number of carbonyl (C=O) groups is 1. The van der Waals surface area contributed by atoms with E-state index in [9.17, 15) is 4.79 Å². The Labute approximate surface area is 118 Å². The Balaban J connectivity index is 2.75. The molecule has 0 spiro atoms. The molecule has 0 aliphatic carbocycles. The number of amides is 1. The number of halogens is 1. The lowest BCUT2D eigenvalue weighted by Gasteiger charge is -2.16. The number of terminal acetylenes is 1. The van der Waals surface area contributed by atoms with Gasteiger partial charge in [0, 0.05) is 5.02 Å². The summed E-state index contributed by atoms with van der Waals surface area (Å²) in [6.45, 7) is 2.32. The average molecular weight is 281 g/mol. The Morgan fingerprint density at radius 2 is 2.37 bits per heavy atom. The molecular weight excluding hydrogens is 264 g/mol. The maximum absolute atomic E-state index is 11.7. The third kappa shape index (κ3) is 4.82. The van der Waals surface area contributed by atoms with Crippen molar-refractivity contribution in [3.8, 4) is 18.1 Å². The Hall–Kier alpha value is -1.70. The third-order valence-electron chi connectivity index (χ3n) is 2.47. The number of carbonyl (C=O) groups excluding carboxylic acids is 1. The molecule has 3 N–H and O–H groups in total. The summed E-state index contributed by atoms with van der Waals surface area (Å²) >= 11 is 5.92.